The number of methoxy groups -OCH3 is 1. The first-order valence-corrected chi connectivity index (χ1v) is 7.82. The highest BCUT2D eigenvalue weighted by Gasteiger charge is 2.29. The Bertz CT molecular complexity index is 594. The molecule has 1 aliphatic heterocycles. The second-order valence-corrected chi connectivity index (χ2v) is 5.67. The maximum atomic E-state index is 11.6. The van der Waals surface area contributed by atoms with Gasteiger partial charge in [-0.05, 0) is 24.1 Å². The van der Waals surface area contributed by atoms with Gasteiger partial charge >= 0.3 is 6.09 Å². The van der Waals surface area contributed by atoms with Gasteiger partial charge in [0.1, 0.15) is 0 Å². The molecule has 1 aromatic carbocycles. The van der Waals surface area contributed by atoms with E-state index in [2.05, 4.69) is 22.4 Å². The van der Waals surface area contributed by atoms with E-state index in [1.165, 1.54) is 12.7 Å². The average Bonchev–Trinajstić information content (AvgIpc) is 3.09. The monoisotopic (exact) mass is 311 g/mol. The minimum Gasteiger partial charge on any atom is -0.453 e. The van der Waals surface area contributed by atoms with Gasteiger partial charge in [0.25, 0.3) is 0 Å². The summed E-state index contributed by atoms with van der Waals surface area (Å²) in [6, 6.07) is 16.4. The standard InChI is InChI=1S/C18H21N3O2/c1-23-18(22)21-12-10-15(13-21)20-17(14-7-3-2-4-8-14)16-9-5-6-11-19-16/h2-9,11,15,17,20H,10,12-13H2,1H3/t15-,17-/m1/s1. The first kappa shape index (κ1) is 15.5. The molecule has 1 N–H and O–H groups in total. The molecule has 5 nitrogen and oxygen atoms in total. The van der Waals surface area contributed by atoms with E-state index < -0.39 is 0 Å². The number of pyridine rings is 1. The lowest BCUT2D eigenvalue weighted by Crippen LogP contribution is -2.37. The number of hydrogen-bond donors (Lipinski definition) is 1. The Kier molecular flexibility index (Phi) is 4.88. The maximum absolute atomic E-state index is 11.6. The number of likely N-dealkylation sites (tertiary alicyclic amines) is 1. The third-order valence-corrected chi connectivity index (χ3v) is 4.14. The van der Waals surface area contributed by atoms with E-state index in [0.29, 0.717) is 13.1 Å². The Morgan fingerprint density at radius 1 is 1.26 bits per heavy atom. The van der Waals surface area contributed by atoms with Crippen molar-refractivity contribution in [2.75, 3.05) is 20.2 Å². The van der Waals surface area contributed by atoms with E-state index in [9.17, 15) is 4.79 Å². The smallest absolute Gasteiger partial charge is 0.409 e. The van der Waals surface area contributed by atoms with Crippen LogP contribution in [0, 0.1) is 0 Å². The summed E-state index contributed by atoms with van der Waals surface area (Å²) in [6.45, 7) is 1.37. The number of nitrogens with one attached hydrogen (secondary N) is 1. The number of aromatic nitrogens is 1. The van der Waals surface area contributed by atoms with Crippen molar-refractivity contribution >= 4 is 6.09 Å². The molecule has 5 heteroatoms. The first-order chi connectivity index (χ1) is 11.3. The Labute approximate surface area is 136 Å². The lowest BCUT2D eigenvalue weighted by atomic mass is 10.0. The highest BCUT2D eigenvalue weighted by molar-refractivity contribution is 5.67. The Balaban J connectivity index is 1.77. The van der Waals surface area contributed by atoms with Crippen molar-refractivity contribution in [3.63, 3.8) is 0 Å². The van der Waals surface area contributed by atoms with Crippen LogP contribution < -0.4 is 5.32 Å². The van der Waals surface area contributed by atoms with E-state index in [0.717, 1.165) is 12.1 Å². The fourth-order valence-corrected chi connectivity index (χ4v) is 2.97. The molecule has 0 radical (unpaired) electrons. The molecule has 0 bridgehead atoms. The normalized spacial score (nSPS) is 18.7. The van der Waals surface area contributed by atoms with Gasteiger partial charge in [0.15, 0.2) is 0 Å². The molecule has 1 aliphatic rings. The highest BCUT2D eigenvalue weighted by Crippen LogP contribution is 2.23. The zero-order valence-electron chi connectivity index (χ0n) is 13.2. The lowest BCUT2D eigenvalue weighted by molar-refractivity contribution is 0.132. The number of carbonyl (C=O) groups is 1. The van der Waals surface area contributed by atoms with Gasteiger partial charge in [0.2, 0.25) is 0 Å². The quantitative estimate of drug-likeness (QED) is 0.943. The predicted octanol–water partition coefficient (Wildman–Crippen LogP) is 2.60. The average molecular weight is 311 g/mol. The molecular formula is C18H21N3O2. The van der Waals surface area contributed by atoms with Crippen LogP contribution in [0.25, 0.3) is 0 Å². The predicted molar refractivity (Wildman–Crippen MR) is 88.0 cm³/mol. The number of nitrogens with zero attached hydrogens (tertiary/aromatic N) is 2. The molecule has 1 saturated heterocycles. The SMILES string of the molecule is COC(=O)N1CC[C@@H](N[C@H](c2ccccc2)c2ccccn2)C1. The van der Waals surface area contributed by atoms with E-state index in [1.54, 1.807) is 4.90 Å². The molecular weight excluding hydrogens is 290 g/mol. The minimum atomic E-state index is -0.261. The van der Waals surface area contributed by atoms with E-state index in [4.69, 9.17) is 4.74 Å². The van der Waals surface area contributed by atoms with Crippen molar-refractivity contribution in [3.05, 3.63) is 66.0 Å². The molecule has 2 aromatic rings. The highest BCUT2D eigenvalue weighted by atomic mass is 16.5. The van der Waals surface area contributed by atoms with Crippen LogP contribution in [0.4, 0.5) is 4.79 Å². The van der Waals surface area contributed by atoms with Crippen LogP contribution >= 0.6 is 0 Å². The molecule has 0 unspecified atom stereocenters. The summed E-state index contributed by atoms with van der Waals surface area (Å²) in [5.74, 6) is 0. The van der Waals surface area contributed by atoms with Gasteiger partial charge in [-0.2, -0.15) is 0 Å². The van der Waals surface area contributed by atoms with Crippen molar-refractivity contribution in [2.24, 2.45) is 0 Å². The van der Waals surface area contributed by atoms with Gasteiger partial charge in [-0.15, -0.1) is 0 Å². The number of carbonyl (C=O) groups excluding carboxylic acids is 1. The van der Waals surface area contributed by atoms with Crippen molar-refractivity contribution < 1.29 is 9.53 Å². The maximum Gasteiger partial charge on any atom is 0.409 e. The summed E-state index contributed by atoms with van der Waals surface area (Å²) in [7, 11) is 1.42. The zero-order chi connectivity index (χ0) is 16.1. The minimum absolute atomic E-state index is 0.0139. The molecule has 1 fully saturated rings. The van der Waals surface area contributed by atoms with Gasteiger partial charge in [-0.25, -0.2) is 4.79 Å². The van der Waals surface area contributed by atoms with Crippen molar-refractivity contribution in [1.29, 1.82) is 0 Å². The first-order valence-electron chi connectivity index (χ1n) is 7.82. The van der Waals surface area contributed by atoms with Gasteiger partial charge in [-0.1, -0.05) is 36.4 Å². The Hall–Kier alpha value is -2.40. The number of benzene rings is 1. The summed E-state index contributed by atoms with van der Waals surface area (Å²) in [5.41, 5.74) is 2.15. The fourth-order valence-electron chi connectivity index (χ4n) is 2.97. The molecule has 1 aromatic heterocycles. The Morgan fingerprint density at radius 2 is 2.04 bits per heavy atom. The Morgan fingerprint density at radius 3 is 2.74 bits per heavy atom. The van der Waals surface area contributed by atoms with Crippen molar-refractivity contribution in [3.8, 4) is 0 Å². The molecule has 0 spiro atoms. The van der Waals surface area contributed by atoms with Crippen LogP contribution in [0.3, 0.4) is 0 Å². The summed E-state index contributed by atoms with van der Waals surface area (Å²) in [4.78, 5) is 17.9. The molecule has 0 saturated carbocycles. The third kappa shape index (κ3) is 3.68. The van der Waals surface area contributed by atoms with Gasteiger partial charge in [0.05, 0.1) is 18.8 Å². The van der Waals surface area contributed by atoms with Gasteiger partial charge < -0.3 is 15.0 Å². The van der Waals surface area contributed by atoms with Crippen LogP contribution in [0.15, 0.2) is 54.7 Å². The fraction of sp³-hybridized carbons (Fsp3) is 0.333. The number of amides is 1. The van der Waals surface area contributed by atoms with Crippen LogP contribution in [0.5, 0.6) is 0 Å². The van der Waals surface area contributed by atoms with E-state index >= 15 is 0 Å². The second-order valence-electron chi connectivity index (χ2n) is 5.67. The number of ether oxygens (including phenoxy) is 1. The molecule has 1 amide bonds. The lowest BCUT2D eigenvalue weighted by Gasteiger charge is -2.23. The summed E-state index contributed by atoms with van der Waals surface area (Å²) in [6.07, 6.45) is 2.46. The van der Waals surface area contributed by atoms with Crippen LogP contribution in [-0.2, 0) is 4.74 Å². The van der Waals surface area contributed by atoms with Gasteiger partial charge in [-0.3, -0.25) is 4.98 Å². The summed E-state index contributed by atoms with van der Waals surface area (Å²) < 4.78 is 4.80. The molecule has 2 heterocycles. The van der Waals surface area contributed by atoms with Gasteiger partial charge in [0, 0.05) is 25.3 Å². The number of hydrogen-bond acceptors (Lipinski definition) is 4. The number of rotatable bonds is 4. The summed E-state index contributed by atoms with van der Waals surface area (Å²) >= 11 is 0. The van der Waals surface area contributed by atoms with E-state index in [-0.39, 0.29) is 18.2 Å². The summed E-state index contributed by atoms with van der Waals surface area (Å²) in [5, 5.41) is 3.65. The molecule has 0 aliphatic carbocycles. The third-order valence-electron chi connectivity index (χ3n) is 4.14. The van der Waals surface area contributed by atoms with Crippen LogP contribution in [0.1, 0.15) is 23.7 Å². The van der Waals surface area contributed by atoms with Crippen LogP contribution in [0.2, 0.25) is 0 Å². The topological polar surface area (TPSA) is 54.5 Å². The largest absolute Gasteiger partial charge is 0.453 e. The van der Waals surface area contributed by atoms with Crippen molar-refractivity contribution in [1.82, 2.24) is 15.2 Å². The second kappa shape index (κ2) is 7.24. The van der Waals surface area contributed by atoms with Crippen LogP contribution in [-0.4, -0.2) is 42.2 Å². The molecule has 2 atom stereocenters. The van der Waals surface area contributed by atoms with E-state index in [1.807, 2.05) is 42.6 Å². The van der Waals surface area contributed by atoms with Crippen molar-refractivity contribution in [2.45, 2.75) is 18.5 Å². The zero-order valence-corrected chi connectivity index (χ0v) is 13.2. The molecule has 23 heavy (non-hydrogen) atoms. The molecule has 3 rings (SSSR count). The molecule has 120 valence electrons.